The number of aliphatic hydroxyl groups is 1. The van der Waals surface area contributed by atoms with Crippen molar-refractivity contribution >= 4 is 11.3 Å². The number of β-amino-alcohol motifs (C(OH)–C–C–N with tert-alkyl or cyclic N) is 1. The van der Waals surface area contributed by atoms with E-state index < -0.39 is 5.60 Å². The van der Waals surface area contributed by atoms with Gasteiger partial charge in [0.15, 0.2) is 17.2 Å². The predicted octanol–water partition coefficient (Wildman–Crippen LogP) is 1.08. The molecule has 1 atom stereocenters. The Kier molecular flexibility index (Phi) is 3.08. The molecule has 8 nitrogen and oxygen atoms in total. The van der Waals surface area contributed by atoms with Crippen molar-refractivity contribution in [3.8, 4) is 0 Å². The molecule has 8 heteroatoms. The van der Waals surface area contributed by atoms with Crippen LogP contribution in [-0.2, 0) is 12.0 Å². The number of fused-ring (bicyclic) bond motifs is 1. The highest BCUT2D eigenvalue weighted by atomic mass is 16.5. The molecule has 3 aromatic heterocycles. The number of hydrogen-bond donors (Lipinski definition) is 1. The maximum Gasteiger partial charge on any atom is 0.260 e. The fourth-order valence-corrected chi connectivity index (χ4v) is 3.01. The largest absolute Gasteiger partial charge is 0.378 e. The van der Waals surface area contributed by atoms with Gasteiger partial charge in [0.2, 0.25) is 0 Å². The number of anilines is 1. The summed E-state index contributed by atoms with van der Waals surface area (Å²) < 4.78 is 7.05. The van der Waals surface area contributed by atoms with Crippen molar-refractivity contribution in [2.75, 3.05) is 18.0 Å². The molecule has 0 amide bonds. The van der Waals surface area contributed by atoms with Gasteiger partial charge in [0, 0.05) is 31.8 Å². The molecule has 0 spiro atoms. The summed E-state index contributed by atoms with van der Waals surface area (Å²) in [5, 5.41) is 19.2. The Labute approximate surface area is 132 Å². The zero-order chi connectivity index (χ0) is 16.0. The van der Waals surface area contributed by atoms with Crippen molar-refractivity contribution in [3.63, 3.8) is 0 Å². The summed E-state index contributed by atoms with van der Waals surface area (Å²) in [4.78, 5) is 10.8. The van der Waals surface area contributed by atoms with Crippen LogP contribution in [0.15, 0.2) is 23.0 Å². The van der Waals surface area contributed by atoms with E-state index in [1.54, 1.807) is 10.7 Å². The summed E-state index contributed by atoms with van der Waals surface area (Å²) in [5.41, 5.74) is 0.719. The van der Waals surface area contributed by atoms with Crippen molar-refractivity contribution in [2.24, 2.45) is 0 Å². The van der Waals surface area contributed by atoms with Crippen LogP contribution in [0.2, 0.25) is 0 Å². The van der Waals surface area contributed by atoms with E-state index in [1.807, 2.05) is 31.0 Å². The quantitative estimate of drug-likeness (QED) is 0.773. The maximum absolute atomic E-state index is 10.9. The zero-order valence-electron chi connectivity index (χ0n) is 13.1. The highest BCUT2D eigenvalue weighted by Gasteiger charge is 2.43. The molecule has 4 heterocycles. The Bertz CT molecular complexity index is 857. The van der Waals surface area contributed by atoms with E-state index in [2.05, 4.69) is 20.2 Å². The smallest absolute Gasteiger partial charge is 0.260 e. The molecule has 120 valence electrons. The van der Waals surface area contributed by atoms with Gasteiger partial charge in [-0.2, -0.15) is 10.1 Å². The lowest BCUT2D eigenvalue weighted by Gasteiger charge is -2.20. The van der Waals surface area contributed by atoms with Crippen molar-refractivity contribution in [2.45, 2.75) is 32.3 Å². The molecular formula is C15H18N6O2. The molecule has 23 heavy (non-hydrogen) atoms. The van der Waals surface area contributed by atoms with Gasteiger partial charge in [-0.05, 0) is 13.0 Å². The van der Waals surface area contributed by atoms with Crippen LogP contribution in [-0.4, -0.2) is 42.9 Å². The summed E-state index contributed by atoms with van der Waals surface area (Å²) in [6.45, 7) is 4.93. The number of aryl methyl sites for hydroxylation is 2. The van der Waals surface area contributed by atoms with Crippen LogP contribution >= 0.6 is 0 Å². The van der Waals surface area contributed by atoms with Crippen LogP contribution in [0.1, 0.15) is 30.8 Å². The first-order chi connectivity index (χ1) is 11.1. The fraction of sp³-hybridized carbons (Fsp3) is 0.467. The fourth-order valence-electron chi connectivity index (χ4n) is 3.01. The van der Waals surface area contributed by atoms with Crippen LogP contribution < -0.4 is 4.90 Å². The summed E-state index contributed by atoms with van der Waals surface area (Å²) in [7, 11) is 0. The van der Waals surface area contributed by atoms with Gasteiger partial charge in [0.25, 0.3) is 5.89 Å². The third kappa shape index (κ3) is 2.26. The number of hydrogen-bond acceptors (Lipinski definition) is 7. The second-order valence-corrected chi connectivity index (χ2v) is 5.94. The average molecular weight is 314 g/mol. The molecule has 3 aromatic rings. The van der Waals surface area contributed by atoms with Gasteiger partial charge in [-0.15, -0.1) is 0 Å². The Balaban J connectivity index is 1.66. The molecule has 0 bridgehead atoms. The van der Waals surface area contributed by atoms with Crippen molar-refractivity contribution in [1.82, 2.24) is 24.7 Å². The lowest BCUT2D eigenvalue weighted by Crippen LogP contribution is -2.31. The molecule has 1 aliphatic heterocycles. The number of aromatic nitrogens is 5. The molecule has 4 rings (SSSR count). The summed E-state index contributed by atoms with van der Waals surface area (Å²) in [6.07, 6.45) is 4.74. The molecule has 0 aliphatic carbocycles. The molecule has 1 fully saturated rings. The molecular weight excluding hydrogens is 296 g/mol. The summed E-state index contributed by atoms with van der Waals surface area (Å²) >= 11 is 0. The van der Waals surface area contributed by atoms with Crippen molar-refractivity contribution < 1.29 is 9.63 Å². The molecule has 1 saturated heterocycles. The van der Waals surface area contributed by atoms with Gasteiger partial charge in [-0.1, -0.05) is 12.1 Å². The number of rotatable bonds is 3. The van der Waals surface area contributed by atoms with E-state index in [0.717, 1.165) is 17.0 Å². The third-order valence-corrected chi connectivity index (χ3v) is 4.22. The van der Waals surface area contributed by atoms with Crippen LogP contribution in [0.3, 0.4) is 0 Å². The van der Waals surface area contributed by atoms with Gasteiger partial charge in [0.1, 0.15) is 5.52 Å². The lowest BCUT2D eigenvalue weighted by atomic mass is 10.0. The minimum atomic E-state index is -1.13. The van der Waals surface area contributed by atoms with Gasteiger partial charge in [-0.25, -0.2) is 9.50 Å². The SMILES string of the molecule is CCc1noc(C2(O)CCN(c3nccn4nc(C)cc34)C2)n1. The van der Waals surface area contributed by atoms with Gasteiger partial charge in [0.05, 0.1) is 12.2 Å². The molecule has 0 saturated carbocycles. The Morgan fingerprint density at radius 2 is 2.30 bits per heavy atom. The molecule has 0 radical (unpaired) electrons. The Morgan fingerprint density at radius 1 is 1.43 bits per heavy atom. The van der Waals surface area contributed by atoms with E-state index in [9.17, 15) is 5.11 Å². The van der Waals surface area contributed by atoms with Gasteiger partial charge >= 0.3 is 0 Å². The van der Waals surface area contributed by atoms with E-state index in [1.165, 1.54) is 0 Å². The van der Waals surface area contributed by atoms with Gasteiger partial charge in [-0.3, -0.25) is 0 Å². The van der Waals surface area contributed by atoms with Gasteiger partial charge < -0.3 is 14.5 Å². The Morgan fingerprint density at radius 3 is 3.09 bits per heavy atom. The maximum atomic E-state index is 10.9. The van der Waals surface area contributed by atoms with E-state index in [4.69, 9.17) is 4.52 Å². The lowest BCUT2D eigenvalue weighted by molar-refractivity contribution is 0.0260. The standard InChI is InChI=1S/C15H18N6O2/c1-3-12-17-14(23-19-12)15(22)4-6-20(9-15)13-11-8-10(2)18-21(11)7-5-16-13/h5,7-8,22H,3-4,6,9H2,1-2H3. The van der Waals surface area contributed by atoms with Crippen LogP contribution in [0.25, 0.3) is 5.52 Å². The van der Waals surface area contributed by atoms with Crippen LogP contribution in [0.5, 0.6) is 0 Å². The minimum absolute atomic E-state index is 0.286. The monoisotopic (exact) mass is 314 g/mol. The van der Waals surface area contributed by atoms with Crippen LogP contribution in [0, 0.1) is 6.92 Å². The molecule has 1 N–H and O–H groups in total. The molecule has 0 aromatic carbocycles. The molecule has 1 aliphatic rings. The summed E-state index contributed by atoms with van der Waals surface area (Å²) in [5.74, 6) is 1.70. The zero-order valence-corrected chi connectivity index (χ0v) is 13.1. The van der Waals surface area contributed by atoms with Crippen molar-refractivity contribution in [1.29, 1.82) is 0 Å². The highest BCUT2D eigenvalue weighted by Crippen LogP contribution is 2.34. The topological polar surface area (TPSA) is 92.6 Å². The van der Waals surface area contributed by atoms with Crippen molar-refractivity contribution in [3.05, 3.63) is 35.9 Å². The van der Waals surface area contributed by atoms with E-state index in [0.29, 0.717) is 31.8 Å². The first-order valence-corrected chi connectivity index (χ1v) is 7.70. The Hall–Kier alpha value is -2.48. The average Bonchev–Trinajstić information content (AvgIpc) is 3.23. The third-order valence-electron chi connectivity index (χ3n) is 4.22. The number of nitrogens with zero attached hydrogens (tertiary/aromatic N) is 6. The first-order valence-electron chi connectivity index (χ1n) is 7.70. The first kappa shape index (κ1) is 14.1. The second-order valence-electron chi connectivity index (χ2n) is 5.94. The highest BCUT2D eigenvalue weighted by molar-refractivity contribution is 5.69. The predicted molar refractivity (Wildman–Crippen MR) is 82.1 cm³/mol. The minimum Gasteiger partial charge on any atom is -0.378 e. The molecule has 1 unspecified atom stereocenters. The van der Waals surface area contributed by atoms with E-state index in [-0.39, 0.29) is 5.89 Å². The normalized spacial score (nSPS) is 21.4. The summed E-state index contributed by atoms with van der Waals surface area (Å²) in [6, 6.07) is 1.99. The van der Waals surface area contributed by atoms with Crippen LogP contribution in [0.4, 0.5) is 5.82 Å². The second kappa shape index (κ2) is 5.02. The van der Waals surface area contributed by atoms with E-state index >= 15 is 0 Å².